The van der Waals surface area contributed by atoms with Gasteiger partial charge in [0.15, 0.2) is 23.4 Å². The third-order valence-corrected chi connectivity index (χ3v) is 2.22. The lowest BCUT2D eigenvalue weighted by Crippen LogP contribution is -2.44. The second kappa shape index (κ2) is 6.33. The lowest BCUT2D eigenvalue weighted by atomic mass is 10.1. The molecule has 0 aliphatic heterocycles. The largest absolute Gasteiger partial charge is 0.504 e. The summed E-state index contributed by atoms with van der Waals surface area (Å²) in [4.78, 5) is 3.88. The third kappa shape index (κ3) is 4.20. The number of hydrogen-bond donors (Lipinski definition) is 6. The van der Waals surface area contributed by atoms with Gasteiger partial charge in [0.25, 0.3) is 0 Å². The van der Waals surface area contributed by atoms with E-state index in [1.54, 1.807) is 13.1 Å². The summed E-state index contributed by atoms with van der Waals surface area (Å²) in [5.74, 6) is -0.0598. The van der Waals surface area contributed by atoms with Crippen LogP contribution in [-0.4, -0.2) is 35.7 Å². The Morgan fingerprint density at radius 3 is 2.67 bits per heavy atom. The van der Waals surface area contributed by atoms with E-state index in [1.807, 2.05) is 0 Å². The summed E-state index contributed by atoms with van der Waals surface area (Å²) in [5.41, 5.74) is 6.05. The van der Waals surface area contributed by atoms with Crippen molar-refractivity contribution in [3.8, 4) is 11.5 Å². The van der Waals surface area contributed by atoms with E-state index in [1.165, 1.54) is 12.1 Å². The van der Waals surface area contributed by atoms with Crippen LogP contribution < -0.4 is 16.4 Å². The summed E-state index contributed by atoms with van der Waals surface area (Å²) in [6.45, 7) is 0.553. The lowest BCUT2D eigenvalue weighted by molar-refractivity contribution is 0.403. The number of nitrogens with one attached hydrogen (secondary N) is 3. The fourth-order valence-corrected chi connectivity index (χ4v) is 1.36. The molecule has 0 aliphatic carbocycles. The molecule has 0 radical (unpaired) electrons. The number of aromatic hydroxyl groups is 2. The number of nitrogens with zero attached hydrogens (tertiary/aromatic N) is 1. The van der Waals surface area contributed by atoms with E-state index in [9.17, 15) is 5.11 Å². The maximum absolute atomic E-state index is 9.32. The minimum Gasteiger partial charge on any atom is -0.504 e. The molecule has 0 amide bonds. The van der Waals surface area contributed by atoms with E-state index in [0.29, 0.717) is 18.9 Å². The van der Waals surface area contributed by atoms with Crippen molar-refractivity contribution in [2.45, 2.75) is 6.42 Å². The highest BCUT2D eigenvalue weighted by Gasteiger charge is 2.02. The predicted molar refractivity (Wildman–Crippen MR) is 69.9 cm³/mol. The summed E-state index contributed by atoms with van der Waals surface area (Å²) < 4.78 is 0. The summed E-state index contributed by atoms with van der Waals surface area (Å²) in [7, 11) is 1.57. The van der Waals surface area contributed by atoms with Crippen molar-refractivity contribution in [1.29, 1.82) is 5.41 Å². The number of aliphatic imine (C=N–C) groups is 1. The van der Waals surface area contributed by atoms with E-state index in [2.05, 4.69) is 15.6 Å². The smallest absolute Gasteiger partial charge is 0.197 e. The average Bonchev–Trinajstić information content (AvgIpc) is 2.32. The molecule has 7 nitrogen and oxygen atoms in total. The summed E-state index contributed by atoms with van der Waals surface area (Å²) in [6.07, 6.45) is 0.631. The number of nitrogens with two attached hydrogens (primary N) is 1. The van der Waals surface area contributed by atoms with Gasteiger partial charge in [0.05, 0.1) is 0 Å². The highest BCUT2D eigenvalue weighted by atomic mass is 16.3. The van der Waals surface area contributed by atoms with Gasteiger partial charge in [-0.3, -0.25) is 15.7 Å². The molecular weight excluding hydrogens is 234 g/mol. The second-order valence-electron chi connectivity index (χ2n) is 3.61. The summed E-state index contributed by atoms with van der Waals surface area (Å²) in [5, 5.41) is 31.1. The molecule has 0 unspecified atom stereocenters. The maximum atomic E-state index is 9.32. The van der Waals surface area contributed by atoms with Crippen molar-refractivity contribution >= 4 is 11.9 Å². The molecule has 1 aromatic rings. The summed E-state index contributed by atoms with van der Waals surface area (Å²) >= 11 is 0. The first kappa shape index (κ1) is 13.6. The van der Waals surface area contributed by atoms with Crippen LogP contribution in [0.25, 0.3) is 0 Å². The van der Waals surface area contributed by atoms with Crippen LogP contribution in [0.3, 0.4) is 0 Å². The number of phenolic OH excluding ortho intramolecular Hbond substituents is 2. The molecule has 0 spiro atoms. The van der Waals surface area contributed by atoms with Gasteiger partial charge in [-0.25, -0.2) is 0 Å². The Morgan fingerprint density at radius 1 is 1.39 bits per heavy atom. The van der Waals surface area contributed by atoms with Gasteiger partial charge in [-0.2, -0.15) is 0 Å². The first-order chi connectivity index (χ1) is 8.52. The van der Waals surface area contributed by atoms with Gasteiger partial charge in [0.2, 0.25) is 0 Å². The van der Waals surface area contributed by atoms with E-state index in [0.717, 1.165) is 5.56 Å². The molecule has 1 rings (SSSR count). The number of hydrogen-bond acceptors (Lipinski definition) is 4. The lowest BCUT2D eigenvalue weighted by Gasteiger charge is -2.10. The Labute approximate surface area is 105 Å². The van der Waals surface area contributed by atoms with Crippen LogP contribution in [0, 0.1) is 5.41 Å². The highest BCUT2D eigenvalue weighted by molar-refractivity contribution is 5.96. The molecule has 0 saturated heterocycles. The van der Waals surface area contributed by atoms with Crippen LogP contribution in [0.15, 0.2) is 23.2 Å². The predicted octanol–water partition coefficient (Wildman–Crippen LogP) is -0.301. The minimum atomic E-state index is -0.189. The van der Waals surface area contributed by atoms with Crippen molar-refractivity contribution in [3.05, 3.63) is 23.8 Å². The molecule has 0 saturated carbocycles. The Balaban J connectivity index is 2.45. The second-order valence-corrected chi connectivity index (χ2v) is 3.61. The van der Waals surface area contributed by atoms with Gasteiger partial charge in [-0.15, -0.1) is 0 Å². The van der Waals surface area contributed by atoms with E-state index >= 15 is 0 Å². The van der Waals surface area contributed by atoms with Gasteiger partial charge in [-0.05, 0) is 24.1 Å². The van der Waals surface area contributed by atoms with E-state index < -0.39 is 0 Å². The summed E-state index contributed by atoms with van der Waals surface area (Å²) in [6, 6.07) is 4.66. The van der Waals surface area contributed by atoms with Crippen molar-refractivity contribution in [2.75, 3.05) is 13.6 Å². The first-order valence-corrected chi connectivity index (χ1v) is 5.35. The van der Waals surface area contributed by atoms with Gasteiger partial charge in [0, 0.05) is 13.6 Å². The van der Waals surface area contributed by atoms with Gasteiger partial charge < -0.3 is 21.3 Å². The number of guanidine groups is 2. The molecule has 0 bridgehead atoms. The fourth-order valence-electron chi connectivity index (χ4n) is 1.36. The van der Waals surface area contributed by atoms with Gasteiger partial charge >= 0.3 is 0 Å². The number of rotatable bonds is 3. The molecule has 7 N–H and O–H groups in total. The Hall–Kier alpha value is -2.44. The van der Waals surface area contributed by atoms with Crippen LogP contribution in [0.1, 0.15) is 5.56 Å². The van der Waals surface area contributed by atoms with E-state index in [4.69, 9.17) is 16.2 Å². The molecule has 1 aromatic carbocycles. The standard InChI is InChI=1S/C11H17N5O2/c1-14-11(16-10(12)13)15-5-4-7-2-3-8(17)9(18)6-7/h2-3,6,17-18H,4-5H2,1H3,(H5,12,13,14,15,16). The normalized spacial score (nSPS) is 11.1. The molecule has 98 valence electrons. The number of phenols is 2. The topological polar surface area (TPSA) is 127 Å². The van der Waals surface area contributed by atoms with Crippen LogP contribution in [0.4, 0.5) is 0 Å². The van der Waals surface area contributed by atoms with Gasteiger partial charge in [-0.1, -0.05) is 6.07 Å². The number of benzene rings is 1. The van der Waals surface area contributed by atoms with Crippen molar-refractivity contribution in [1.82, 2.24) is 10.6 Å². The molecule has 0 fully saturated rings. The van der Waals surface area contributed by atoms with Crippen LogP contribution >= 0.6 is 0 Å². The molecule has 0 heterocycles. The average molecular weight is 251 g/mol. The van der Waals surface area contributed by atoms with Gasteiger partial charge in [0.1, 0.15) is 0 Å². The zero-order valence-electron chi connectivity index (χ0n) is 10.1. The Bertz CT molecular complexity index is 459. The van der Waals surface area contributed by atoms with Crippen LogP contribution in [0.5, 0.6) is 11.5 Å². The highest BCUT2D eigenvalue weighted by Crippen LogP contribution is 2.24. The Morgan fingerprint density at radius 2 is 2.11 bits per heavy atom. The SMILES string of the molecule is C/N=C(\NCCc1ccc(O)c(O)c1)NC(=N)N. The van der Waals surface area contributed by atoms with E-state index in [-0.39, 0.29) is 17.5 Å². The quantitative estimate of drug-likeness (QED) is 0.250. The molecule has 0 aromatic heterocycles. The molecular formula is C11H17N5O2. The van der Waals surface area contributed by atoms with Crippen molar-refractivity contribution in [3.63, 3.8) is 0 Å². The van der Waals surface area contributed by atoms with Crippen LogP contribution in [-0.2, 0) is 6.42 Å². The van der Waals surface area contributed by atoms with Crippen molar-refractivity contribution in [2.24, 2.45) is 10.7 Å². The molecule has 18 heavy (non-hydrogen) atoms. The molecule has 7 heteroatoms. The zero-order chi connectivity index (χ0) is 13.5. The molecule has 0 aliphatic rings. The Kier molecular flexibility index (Phi) is 4.79. The van der Waals surface area contributed by atoms with Crippen molar-refractivity contribution < 1.29 is 10.2 Å². The zero-order valence-corrected chi connectivity index (χ0v) is 10.1. The molecule has 0 atom stereocenters. The minimum absolute atomic E-state index is 0.138. The maximum Gasteiger partial charge on any atom is 0.197 e. The fraction of sp³-hybridized carbons (Fsp3) is 0.273. The monoisotopic (exact) mass is 251 g/mol. The third-order valence-electron chi connectivity index (χ3n) is 2.22. The first-order valence-electron chi connectivity index (χ1n) is 5.35. The van der Waals surface area contributed by atoms with Crippen LogP contribution in [0.2, 0.25) is 0 Å².